The molecule has 0 spiro atoms. The number of pyridine rings is 1. The molecule has 1 aromatic carbocycles. The number of nitrogens with zero attached hydrogens (tertiary/aromatic N) is 1. The third kappa shape index (κ3) is 2.91. The van der Waals surface area contributed by atoms with Gasteiger partial charge in [0.15, 0.2) is 0 Å². The summed E-state index contributed by atoms with van der Waals surface area (Å²) in [7, 11) is 0. The molecule has 0 fully saturated rings. The molecule has 2 rings (SSSR count). The maximum Gasteiger partial charge on any atom is 0.132 e. The molecule has 0 aliphatic carbocycles. The Hall–Kier alpha value is -0.790. The summed E-state index contributed by atoms with van der Waals surface area (Å²) >= 11 is 11.9. The Labute approximate surface area is 112 Å². The van der Waals surface area contributed by atoms with E-state index in [9.17, 15) is 0 Å². The van der Waals surface area contributed by atoms with Crippen LogP contribution in [0.25, 0.3) is 10.9 Å². The number of alkyl halides is 1. The van der Waals surface area contributed by atoms with E-state index in [0.717, 1.165) is 35.7 Å². The zero-order valence-electron chi connectivity index (χ0n) is 9.84. The van der Waals surface area contributed by atoms with E-state index in [1.165, 1.54) is 5.56 Å². The first-order valence-electron chi connectivity index (χ1n) is 5.88. The molecule has 1 heterocycles. The number of fused-ring (bicyclic) bond motifs is 1. The van der Waals surface area contributed by atoms with Crippen molar-refractivity contribution in [1.82, 2.24) is 4.98 Å². The Bertz CT molecular complexity index is 523. The van der Waals surface area contributed by atoms with E-state index < -0.39 is 0 Å². The number of aryl methyl sites for hydroxylation is 2. The zero-order chi connectivity index (χ0) is 12.3. The van der Waals surface area contributed by atoms with Gasteiger partial charge in [0.2, 0.25) is 0 Å². The molecule has 0 aliphatic rings. The fourth-order valence-electron chi connectivity index (χ4n) is 1.89. The Morgan fingerprint density at radius 3 is 2.76 bits per heavy atom. The lowest BCUT2D eigenvalue weighted by Crippen LogP contribution is -1.92. The predicted octanol–water partition coefficient (Wildman–Crippen LogP) is 4.62. The van der Waals surface area contributed by atoms with Gasteiger partial charge in [-0.1, -0.05) is 30.7 Å². The van der Waals surface area contributed by atoms with Crippen LogP contribution in [0.4, 0.5) is 0 Å². The Morgan fingerprint density at radius 2 is 2.06 bits per heavy atom. The SMILES string of the molecule is CCc1ccc2cc(CCCCl)c(Cl)nc2c1. The van der Waals surface area contributed by atoms with Gasteiger partial charge in [0.1, 0.15) is 5.15 Å². The minimum atomic E-state index is 0.607. The molecule has 90 valence electrons. The van der Waals surface area contributed by atoms with Crippen LogP contribution in [0.15, 0.2) is 24.3 Å². The van der Waals surface area contributed by atoms with Crippen molar-refractivity contribution in [2.75, 3.05) is 5.88 Å². The van der Waals surface area contributed by atoms with Crippen LogP contribution < -0.4 is 0 Å². The Morgan fingerprint density at radius 1 is 1.24 bits per heavy atom. The summed E-state index contributed by atoms with van der Waals surface area (Å²) in [4.78, 5) is 4.46. The van der Waals surface area contributed by atoms with Gasteiger partial charge in [-0.3, -0.25) is 0 Å². The fraction of sp³-hybridized carbons (Fsp3) is 0.357. The third-order valence-corrected chi connectivity index (χ3v) is 3.49. The molecule has 1 aromatic heterocycles. The van der Waals surface area contributed by atoms with Crippen molar-refractivity contribution in [2.24, 2.45) is 0 Å². The van der Waals surface area contributed by atoms with E-state index >= 15 is 0 Å². The average molecular weight is 268 g/mol. The van der Waals surface area contributed by atoms with Gasteiger partial charge in [0, 0.05) is 11.3 Å². The molecular weight excluding hydrogens is 253 g/mol. The normalized spacial score (nSPS) is 11.0. The highest BCUT2D eigenvalue weighted by Gasteiger charge is 2.05. The molecule has 1 nitrogen and oxygen atoms in total. The minimum absolute atomic E-state index is 0.607. The molecule has 0 aliphatic heterocycles. The van der Waals surface area contributed by atoms with Gasteiger partial charge in [-0.2, -0.15) is 0 Å². The highest BCUT2D eigenvalue weighted by atomic mass is 35.5. The van der Waals surface area contributed by atoms with Crippen molar-refractivity contribution >= 4 is 34.1 Å². The molecule has 2 aromatic rings. The fourth-order valence-corrected chi connectivity index (χ4v) is 2.26. The number of benzene rings is 1. The summed E-state index contributed by atoms with van der Waals surface area (Å²) < 4.78 is 0. The molecule has 0 saturated heterocycles. The lowest BCUT2D eigenvalue weighted by atomic mass is 10.1. The molecular formula is C14H15Cl2N. The molecule has 3 heteroatoms. The Balaban J connectivity index is 2.43. The van der Waals surface area contributed by atoms with Gasteiger partial charge in [-0.15, -0.1) is 11.6 Å². The van der Waals surface area contributed by atoms with E-state index in [0.29, 0.717) is 11.0 Å². The van der Waals surface area contributed by atoms with Gasteiger partial charge in [-0.25, -0.2) is 4.98 Å². The second-order valence-corrected chi connectivity index (χ2v) is 4.85. The first-order valence-corrected chi connectivity index (χ1v) is 6.80. The molecule has 17 heavy (non-hydrogen) atoms. The van der Waals surface area contributed by atoms with E-state index in [4.69, 9.17) is 23.2 Å². The quantitative estimate of drug-likeness (QED) is 0.582. The molecule has 0 radical (unpaired) electrons. The molecule has 0 unspecified atom stereocenters. The smallest absolute Gasteiger partial charge is 0.132 e. The predicted molar refractivity (Wildman–Crippen MR) is 75.2 cm³/mol. The van der Waals surface area contributed by atoms with Crippen LogP contribution in [0.1, 0.15) is 24.5 Å². The van der Waals surface area contributed by atoms with E-state index in [1.54, 1.807) is 0 Å². The van der Waals surface area contributed by atoms with Crippen LogP contribution in [-0.2, 0) is 12.8 Å². The minimum Gasteiger partial charge on any atom is -0.236 e. The van der Waals surface area contributed by atoms with E-state index in [2.05, 4.69) is 36.2 Å². The van der Waals surface area contributed by atoms with Crippen LogP contribution in [0, 0.1) is 0 Å². The van der Waals surface area contributed by atoms with Crippen LogP contribution in [0.2, 0.25) is 5.15 Å². The van der Waals surface area contributed by atoms with Crippen molar-refractivity contribution in [3.8, 4) is 0 Å². The second-order valence-electron chi connectivity index (χ2n) is 4.11. The first-order chi connectivity index (χ1) is 8.24. The number of halogens is 2. The van der Waals surface area contributed by atoms with E-state index in [1.807, 2.05) is 0 Å². The highest BCUT2D eigenvalue weighted by molar-refractivity contribution is 6.30. The maximum atomic E-state index is 6.18. The molecule has 0 atom stereocenters. The zero-order valence-corrected chi connectivity index (χ0v) is 11.4. The summed E-state index contributed by atoms with van der Waals surface area (Å²) in [5.41, 5.74) is 3.35. The molecule has 0 bridgehead atoms. The molecule has 0 saturated carbocycles. The number of rotatable bonds is 4. The Kier molecular flexibility index (Phi) is 4.25. The number of aromatic nitrogens is 1. The summed E-state index contributed by atoms with van der Waals surface area (Å²) in [6.45, 7) is 2.14. The third-order valence-electron chi connectivity index (χ3n) is 2.90. The van der Waals surface area contributed by atoms with Gasteiger partial charge in [0.25, 0.3) is 0 Å². The van der Waals surface area contributed by atoms with Gasteiger partial charge >= 0.3 is 0 Å². The standard InChI is InChI=1S/C14H15Cl2N/c1-2-10-5-6-11-9-12(4-3-7-15)14(16)17-13(11)8-10/h5-6,8-9H,2-4,7H2,1H3. The number of hydrogen-bond acceptors (Lipinski definition) is 1. The summed E-state index contributed by atoms with van der Waals surface area (Å²) in [6, 6.07) is 8.48. The maximum absolute atomic E-state index is 6.18. The topological polar surface area (TPSA) is 12.9 Å². The lowest BCUT2D eigenvalue weighted by molar-refractivity contribution is 0.924. The van der Waals surface area contributed by atoms with Gasteiger partial charge < -0.3 is 0 Å². The van der Waals surface area contributed by atoms with Crippen molar-refractivity contribution in [3.05, 3.63) is 40.5 Å². The summed E-state index contributed by atoms with van der Waals surface area (Å²) in [5.74, 6) is 0.656. The number of hydrogen-bond donors (Lipinski definition) is 0. The van der Waals surface area contributed by atoms with Crippen LogP contribution in [0.5, 0.6) is 0 Å². The summed E-state index contributed by atoms with van der Waals surface area (Å²) in [5, 5.41) is 1.76. The van der Waals surface area contributed by atoms with Crippen molar-refractivity contribution in [1.29, 1.82) is 0 Å². The van der Waals surface area contributed by atoms with Gasteiger partial charge in [0.05, 0.1) is 5.52 Å². The highest BCUT2D eigenvalue weighted by Crippen LogP contribution is 2.23. The average Bonchev–Trinajstić information content (AvgIpc) is 2.35. The van der Waals surface area contributed by atoms with Crippen molar-refractivity contribution in [3.63, 3.8) is 0 Å². The van der Waals surface area contributed by atoms with Crippen LogP contribution in [0.3, 0.4) is 0 Å². The second kappa shape index (κ2) is 5.70. The molecule has 0 amide bonds. The van der Waals surface area contributed by atoms with E-state index in [-0.39, 0.29) is 0 Å². The molecule has 0 N–H and O–H groups in total. The largest absolute Gasteiger partial charge is 0.236 e. The van der Waals surface area contributed by atoms with Gasteiger partial charge in [-0.05, 0) is 42.5 Å². The summed E-state index contributed by atoms with van der Waals surface area (Å²) in [6.07, 6.45) is 2.84. The first kappa shape index (κ1) is 12.7. The van der Waals surface area contributed by atoms with Crippen molar-refractivity contribution < 1.29 is 0 Å². The monoisotopic (exact) mass is 267 g/mol. The van der Waals surface area contributed by atoms with Crippen LogP contribution >= 0.6 is 23.2 Å². The van der Waals surface area contributed by atoms with Crippen LogP contribution in [-0.4, -0.2) is 10.9 Å². The lowest BCUT2D eigenvalue weighted by Gasteiger charge is -2.06. The van der Waals surface area contributed by atoms with Crippen molar-refractivity contribution in [2.45, 2.75) is 26.2 Å².